The lowest BCUT2D eigenvalue weighted by Crippen LogP contribution is -2.39. The van der Waals surface area contributed by atoms with Gasteiger partial charge in [0, 0.05) is 5.41 Å². The molecule has 0 amide bonds. The molecule has 0 unspecified atom stereocenters. The van der Waals surface area contributed by atoms with Crippen molar-refractivity contribution in [2.45, 2.75) is 19.8 Å². The number of piperidine rings is 1. The molecule has 0 aliphatic carbocycles. The van der Waals surface area contributed by atoms with Gasteiger partial charge in [0.25, 0.3) is 0 Å². The van der Waals surface area contributed by atoms with E-state index in [1.54, 1.807) is 0 Å². The van der Waals surface area contributed by atoms with Gasteiger partial charge in [0.1, 0.15) is 0 Å². The average Bonchev–Trinajstić information content (AvgIpc) is 2.04. The van der Waals surface area contributed by atoms with E-state index >= 15 is 0 Å². The van der Waals surface area contributed by atoms with Crippen molar-refractivity contribution in [3.8, 4) is 0 Å². The lowest BCUT2D eigenvalue weighted by molar-refractivity contribution is -0.124. The molecule has 1 aliphatic heterocycles. The van der Waals surface area contributed by atoms with Crippen LogP contribution in [0.1, 0.15) is 19.8 Å². The van der Waals surface area contributed by atoms with E-state index in [4.69, 9.17) is 0 Å². The Kier molecular flexibility index (Phi) is 2.45. The van der Waals surface area contributed by atoms with Gasteiger partial charge in [0.05, 0.1) is 0 Å². The molecule has 0 spiro atoms. The standard InChI is InChI=1S/C9H15NO/c1-3-8(11)9(2)4-6-10-7-5-9/h3,10H,1,4-7H2,2H3. The Morgan fingerprint density at radius 1 is 1.55 bits per heavy atom. The molecule has 1 heterocycles. The zero-order valence-corrected chi connectivity index (χ0v) is 7.02. The van der Waals surface area contributed by atoms with Gasteiger partial charge in [-0.25, -0.2) is 0 Å². The summed E-state index contributed by atoms with van der Waals surface area (Å²) in [6.45, 7) is 7.45. The van der Waals surface area contributed by atoms with Gasteiger partial charge in [-0.05, 0) is 32.0 Å². The first-order valence-corrected chi connectivity index (χ1v) is 4.07. The van der Waals surface area contributed by atoms with Crippen LogP contribution in [0.3, 0.4) is 0 Å². The first-order valence-electron chi connectivity index (χ1n) is 4.07. The van der Waals surface area contributed by atoms with Crippen molar-refractivity contribution < 1.29 is 4.79 Å². The Balaban J connectivity index is 2.63. The first kappa shape index (κ1) is 8.47. The molecule has 2 nitrogen and oxygen atoms in total. The molecular weight excluding hydrogens is 138 g/mol. The predicted octanol–water partition coefficient (Wildman–Crippen LogP) is 1.13. The van der Waals surface area contributed by atoms with E-state index in [1.165, 1.54) is 6.08 Å². The molecule has 1 fully saturated rings. The third-order valence-corrected chi connectivity index (χ3v) is 2.49. The number of ketones is 1. The number of allylic oxidation sites excluding steroid dienone is 1. The minimum absolute atomic E-state index is 0.132. The van der Waals surface area contributed by atoms with Crippen LogP contribution < -0.4 is 5.32 Å². The molecule has 1 aliphatic rings. The average molecular weight is 153 g/mol. The van der Waals surface area contributed by atoms with Crippen molar-refractivity contribution in [2.24, 2.45) is 5.41 Å². The van der Waals surface area contributed by atoms with Crippen LogP contribution in [0.5, 0.6) is 0 Å². The molecule has 0 radical (unpaired) electrons. The molecule has 0 saturated carbocycles. The van der Waals surface area contributed by atoms with Crippen LogP contribution in [-0.4, -0.2) is 18.9 Å². The highest BCUT2D eigenvalue weighted by molar-refractivity contribution is 5.94. The summed E-state index contributed by atoms with van der Waals surface area (Å²) < 4.78 is 0. The van der Waals surface area contributed by atoms with E-state index in [1.807, 2.05) is 6.92 Å². The van der Waals surface area contributed by atoms with Crippen LogP contribution in [0, 0.1) is 5.41 Å². The van der Waals surface area contributed by atoms with E-state index in [0.717, 1.165) is 25.9 Å². The zero-order chi connectivity index (χ0) is 8.32. The second-order valence-corrected chi connectivity index (χ2v) is 3.38. The Morgan fingerprint density at radius 2 is 2.09 bits per heavy atom. The van der Waals surface area contributed by atoms with E-state index in [0.29, 0.717) is 0 Å². The molecule has 0 atom stereocenters. The van der Waals surface area contributed by atoms with Crippen molar-refractivity contribution in [1.82, 2.24) is 5.32 Å². The summed E-state index contributed by atoms with van der Waals surface area (Å²) in [6, 6.07) is 0. The molecule has 0 aromatic heterocycles. The summed E-state index contributed by atoms with van der Waals surface area (Å²) in [5, 5.41) is 3.23. The highest BCUT2D eigenvalue weighted by Gasteiger charge is 2.31. The minimum atomic E-state index is -0.132. The number of carbonyl (C=O) groups excluding carboxylic acids is 1. The molecule has 0 bridgehead atoms. The lowest BCUT2D eigenvalue weighted by Gasteiger charge is -2.31. The largest absolute Gasteiger partial charge is 0.317 e. The Labute approximate surface area is 67.7 Å². The van der Waals surface area contributed by atoms with Crippen LogP contribution in [0.15, 0.2) is 12.7 Å². The number of hydrogen-bond acceptors (Lipinski definition) is 2. The molecule has 11 heavy (non-hydrogen) atoms. The van der Waals surface area contributed by atoms with Crippen LogP contribution in [0.25, 0.3) is 0 Å². The number of rotatable bonds is 2. The third-order valence-electron chi connectivity index (χ3n) is 2.49. The quantitative estimate of drug-likeness (QED) is 0.602. The maximum absolute atomic E-state index is 11.3. The Hall–Kier alpha value is -0.630. The van der Waals surface area contributed by atoms with Gasteiger partial charge in [-0.3, -0.25) is 4.79 Å². The SMILES string of the molecule is C=CC(=O)C1(C)CCNCC1. The summed E-state index contributed by atoms with van der Waals surface area (Å²) >= 11 is 0. The summed E-state index contributed by atoms with van der Waals surface area (Å²) in [6.07, 6.45) is 3.33. The summed E-state index contributed by atoms with van der Waals surface area (Å²) in [4.78, 5) is 11.3. The smallest absolute Gasteiger partial charge is 0.161 e. The highest BCUT2D eigenvalue weighted by atomic mass is 16.1. The van der Waals surface area contributed by atoms with E-state index < -0.39 is 0 Å². The molecule has 1 saturated heterocycles. The minimum Gasteiger partial charge on any atom is -0.317 e. The van der Waals surface area contributed by atoms with Crippen LogP contribution in [0.2, 0.25) is 0 Å². The van der Waals surface area contributed by atoms with Gasteiger partial charge in [-0.1, -0.05) is 13.5 Å². The molecule has 1 N–H and O–H groups in total. The third kappa shape index (κ3) is 1.69. The maximum Gasteiger partial charge on any atom is 0.161 e. The molecule has 0 aromatic rings. The van der Waals surface area contributed by atoms with Gasteiger partial charge in [-0.15, -0.1) is 0 Å². The second kappa shape index (κ2) is 3.18. The molecule has 0 aromatic carbocycles. The number of nitrogens with one attached hydrogen (secondary N) is 1. The fraction of sp³-hybridized carbons (Fsp3) is 0.667. The lowest BCUT2D eigenvalue weighted by atomic mass is 9.77. The van der Waals surface area contributed by atoms with Crippen molar-refractivity contribution >= 4 is 5.78 Å². The summed E-state index contributed by atoms with van der Waals surface area (Å²) in [5.41, 5.74) is -0.132. The fourth-order valence-corrected chi connectivity index (χ4v) is 1.47. The first-order chi connectivity index (χ1) is 5.19. The summed E-state index contributed by atoms with van der Waals surface area (Å²) in [5.74, 6) is 0.194. The van der Waals surface area contributed by atoms with Crippen LogP contribution in [0.4, 0.5) is 0 Å². The van der Waals surface area contributed by atoms with Gasteiger partial charge < -0.3 is 5.32 Å². The Morgan fingerprint density at radius 3 is 2.55 bits per heavy atom. The zero-order valence-electron chi connectivity index (χ0n) is 7.02. The van der Waals surface area contributed by atoms with Gasteiger partial charge in [-0.2, -0.15) is 0 Å². The molecular formula is C9H15NO. The summed E-state index contributed by atoms with van der Waals surface area (Å²) in [7, 11) is 0. The van der Waals surface area contributed by atoms with E-state index in [-0.39, 0.29) is 11.2 Å². The normalized spacial score (nSPS) is 22.6. The second-order valence-electron chi connectivity index (χ2n) is 3.38. The fourth-order valence-electron chi connectivity index (χ4n) is 1.47. The van der Waals surface area contributed by atoms with Gasteiger partial charge >= 0.3 is 0 Å². The van der Waals surface area contributed by atoms with E-state index in [9.17, 15) is 4.79 Å². The van der Waals surface area contributed by atoms with Crippen LogP contribution in [-0.2, 0) is 4.79 Å². The maximum atomic E-state index is 11.3. The van der Waals surface area contributed by atoms with Gasteiger partial charge in [0.2, 0.25) is 0 Å². The van der Waals surface area contributed by atoms with E-state index in [2.05, 4.69) is 11.9 Å². The Bertz CT molecular complexity index is 168. The molecule has 1 rings (SSSR count). The van der Waals surface area contributed by atoms with Crippen molar-refractivity contribution in [1.29, 1.82) is 0 Å². The topological polar surface area (TPSA) is 29.1 Å². The van der Waals surface area contributed by atoms with Gasteiger partial charge in [0.15, 0.2) is 5.78 Å². The van der Waals surface area contributed by atoms with Crippen molar-refractivity contribution in [3.63, 3.8) is 0 Å². The van der Waals surface area contributed by atoms with Crippen LogP contribution >= 0.6 is 0 Å². The highest BCUT2D eigenvalue weighted by Crippen LogP contribution is 2.28. The number of carbonyl (C=O) groups is 1. The number of hydrogen-bond donors (Lipinski definition) is 1. The van der Waals surface area contributed by atoms with Crippen molar-refractivity contribution in [3.05, 3.63) is 12.7 Å². The molecule has 2 heteroatoms. The monoisotopic (exact) mass is 153 g/mol. The van der Waals surface area contributed by atoms with Crippen molar-refractivity contribution in [2.75, 3.05) is 13.1 Å². The predicted molar refractivity (Wildman–Crippen MR) is 45.4 cm³/mol. The molecule has 62 valence electrons.